The van der Waals surface area contributed by atoms with Gasteiger partial charge in [-0.2, -0.15) is 0 Å². The van der Waals surface area contributed by atoms with Gasteiger partial charge in [0.15, 0.2) is 0 Å². The van der Waals surface area contributed by atoms with Crippen LogP contribution >= 0.6 is 0 Å². The standard InChI is InChI=1S/C18H34/c1-16-11-10-14-18(3,15-16)17(2)12-8-6-4-5-7-9-13-17/h16H,4-15H2,1-3H3. The molecule has 2 atom stereocenters. The summed E-state index contributed by atoms with van der Waals surface area (Å²) in [6, 6.07) is 0. The van der Waals surface area contributed by atoms with Gasteiger partial charge in [-0.1, -0.05) is 72.1 Å². The van der Waals surface area contributed by atoms with Crippen molar-refractivity contribution >= 4 is 0 Å². The lowest BCUT2D eigenvalue weighted by atomic mass is 9.54. The maximum Gasteiger partial charge on any atom is -0.0269 e. The summed E-state index contributed by atoms with van der Waals surface area (Å²) in [6.45, 7) is 7.74. The van der Waals surface area contributed by atoms with Crippen LogP contribution in [0.3, 0.4) is 0 Å². The van der Waals surface area contributed by atoms with E-state index in [1.54, 1.807) is 0 Å². The normalized spacial score (nSPS) is 38.5. The Labute approximate surface area is 115 Å². The van der Waals surface area contributed by atoms with Gasteiger partial charge in [0.05, 0.1) is 0 Å². The van der Waals surface area contributed by atoms with E-state index in [2.05, 4.69) is 20.8 Å². The molecule has 0 bridgehead atoms. The summed E-state index contributed by atoms with van der Waals surface area (Å²) >= 11 is 0. The van der Waals surface area contributed by atoms with Crippen molar-refractivity contribution in [3.05, 3.63) is 0 Å². The summed E-state index contributed by atoms with van der Waals surface area (Å²) in [4.78, 5) is 0. The highest BCUT2D eigenvalue weighted by molar-refractivity contribution is 4.95. The minimum atomic E-state index is 0.631. The quantitative estimate of drug-likeness (QED) is 0.509. The minimum Gasteiger partial charge on any atom is -0.0625 e. The summed E-state index contributed by atoms with van der Waals surface area (Å²) < 4.78 is 0. The van der Waals surface area contributed by atoms with Crippen molar-refractivity contribution in [2.75, 3.05) is 0 Å². The molecule has 0 heterocycles. The van der Waals surface area contributed by atoms with Crippen molar-refractivity contribution in [2.24, 2.45) is 16.7 Å². The summed E-state index contributed by atoms with van der Waals surface area (Å²) in [5.41, 5.74) is 1.26. The van der Waals surface area contributed by atoms with Crippen LogP contribution in [0.1, 0.15) is 97.8 Å². The first-order valence-electron chi connectivity index (χ1n) is 8.56. The number of hydrogen-bond donors (Lipinski definition) is 0. The van der Waals surface area contributed by atoms with E-state index < -0.39 is 0 Å². The lowest BCUT2D eigenvalue weighted by Gasteiger charge is -2.51. The van der Waals surface area contributed by atoms with Crippen molar-refractivity contribution in [2.45, 2.75) is 97.8 Å². The fourth-order valence-electron chi connectivity index (χ4n) is 4.83. The molecule has 2 saturated carbocycles. The van der Waals surface area contributed by atoms with E-state index in [0.717, 1.165) is 5.92 Å². The third-order valence-electron chi connectivity index (χ3n) is 6.39. The van der Waals surface area contributed by atoms with Gasteiger partial charge in [-0.05, 0) is 42.4 Å². The first-order chi connectivity index (χ1) is 8.56. The van der Waals surface area contributed by atoms with E-state index in [9.17, 15) is 0 Å². The SMILES string of the molecule is CC1CCCC(C)(C2(C)CCCCCCCC2)C1. The zero-order chi connectivity index (χ0) is 13.1. The topological polar surface area (TPSA) is 0 Å². The first-order valence-corrected chi connectivity index (χ1v) is 8.56. The zero-order valence-electron chi connectivity index (χ0n) is 13.1. The van der Waals surface area contributed by atoms with Gasteiger partial charge >= 0.3 is 0 Å². The Kier molecular flexibility index (Phi) is 4.78. The Morgan fingerprint density at radius 1 is 0.667 bits per heavy atom. The van der Waals surface area contributed by atoms with Crippen molar-refractivity contribution in [1.29, 1.82) is 0 Å². The average Bonchev–Trinajstić information content (AvgIpc) is 2.42. The molecule has 0 heteroatoms. The molecule has 0 nitrogen and oxygen atoms in total. The van der Waals surface area contributed by atoms with E-state index in [1.165, 1.54) is 77.0 Å². The van der Waals surface area contributed by atoms with Crippen LogP contribution in [0.25, 0.3) is 0 Å². The highest BCUT2D eigenvalue weighted by atomic mass is 14.5. The second-order valence-electron chi connectivity index (χ2n) is 7.94. The Hall–Kier alpha value is 0. The van der Waals surface area contributed by atoms with Gasteiger partial charge in [0.2, 0.25) is 0 Å². The first kappa shape index (κ1) is 14.4. The minimum absolute atomic E-state index is 0.631. The molecule has 18 heavy (non-hydrogen) atoms. The molecular formula is C18H34. The van der Waals surface area contributed by atoms with Crippen LogP contribution < -0.4 is 0 Å². The summed E-state index contributed by atoms with van der Waals surface area (Å²) in [5.74, 6) is 0.966. The van der Waals surface area contributed by atoms with Crippen LogP contribution in [-0.2, 0) is 0 Å². The Morgan fingerprint density at radius 2 is 1.17 bits per heavy atom. The third kappa shape index (κ3) is 3.11. The Morgan fingerprint density at radius 3 is 1.72 bits per heavy atom. The van der Waals surface area contributed by atoms with Crippen LogP contribution in [-0.4, -0.2) is 0 Å². The smallest absolute Gasteiger partial charge is 0.0269 e. The lowest BCUT2D eigenvalue weighted by Crippen LogP contribution is -2.41. The van der Waals surface area contributed by atoms with E-state index >= 15 is 0 Å². The maximum absolute atomic E-state index is 2.64. The van der Waals surface area contributed by atoms with Crippen LogP contribution in [0.4, 0.5) is 0 Å². The van der Waals surface area contributed by atoms with Gasteiger partial charge < -0.3 is 0 Å². The molecule has 106 valence electrons. The van der Waals surface area contributed by atoms with E-state index in [0.29, 0.717) is 10.8 Å². The molecule has 2 aliphatic rings. The molecule has 0 radical (unpaired) electrons. The monoisotopic (exact) mass is 250 g/mol. The van der Waals surface area contributed by atoms with Gasteiger partial charge in [0.1, 0.15) is 0 Å². The lowest BCUT2D eigenvalue weighted by molar-refractivity contribution is -0.00714. The van der Waals surface area contributed by atoms with Crippen LogP contribution in [0.2, 0.25) is 0 Å². The van der Waals surface area contributed by atoms with Gasteiger partial charge in [0.25, 0.3) is 0 Å². The highest BCUT2D eigenvalue weighted by Gasteiger charge is 2.45. The molecule has 2 fully saturated rings. The fourth-order valence-corrected chi connectivity index (χ4v) is 4.83. The molecule has 2 aliphatic carbocycles. The van der Waals surface area contributed by atoms with Crippen molar-refractivity contribution < 1.29 is 0 Å². The zero-order valence-corrected chi connectivity index (χ0v) is 13.1. The third-order valence-corrected chi connectivity index (χ3v) is 6.39. The average molecular weight is 250 g/mol. The predicted octanol–water partition coefficient (Wildman–Crippen LogP) is 6.34. The molecule has 0 N–H and O–H groups in total. The molecule has 0 aromatic rings. The Bertz CT molecular complexity index is 245. The number of rotatable bonds is 1. The molecule has 0 spiro atoms. The summed E-state index contributed by atoms with van der Waals surface area (Å²) in [6.07, 6.45) is 17.9. The van der Waals surface area contributed by atoms with Gasteiger partial charge in [0, 0.05) is 0 Å². The molecule has 2 unspecified atom stereocenters. The highest BCUT2D eigenvalue weighted by Crippen LogP contribution is 2.56. The summed E-state index contributed by atoms with van der Waals surface area (Å²) in [7, 11) is 0. The molecule has 0 aliphatic heterocycles. The molecule has 2 rings (SSSR count). The van der Waals surface area contributed by atoms with Gasteiger partial charge in [-0.25, -0.2) is 0 Å². The fraction of sp³-hybridized carbons (Fsp3) is 1.00. The van der Waals surface area contributed by atoms with E-state index in [1.807, 2.05) is 0 Å². The van der Waals surface area contributed by atoms with E-state index in [-0.39, 0.29) is 0 Å². The van der Waals surface area contributed by atoms with Crippen LogP contribution in [0.5, 0.6) is 0 Å². The second kappa shape index (κ2) is 5.97. The molecule has 0 aromatic heterocycles. The molecule has 0 aromatic carbocycles. The van der Waals surface area contributed by atoms with Crippen LogP contribution in [0.15, 0.2) is 0 Å². The van der Waals surface area contributed by atoms with E-state index in [4.69, 9.17) is 0 Å². The molecular weight excluding hydrogens is 216 g/mol. The van der Waals surface area contributed by atoms with Crippen molar-refractivity contribution in [3.8, 4) is 0 Å². The molecule has 0 amide bonds. The number of hydrogen-bond acceptors (Lipinski definition) is 0. The predicted molar refractivity (Wildman–Crippen MR) is 80.8 cm³/mol. The van der Waals surface area contributed by atoms with Gasteiger partial charge in [-0.15, -0.1) is 0 Å². The maximum atomic E-state index is 2.64. The van der Waals surface area contributed by atoms with Gasteiger partial charge in [-0.3, -0.25) is 0 Å². The summed E-state index contributed by atoms with van der Waals surface area (Å²) in [5, 5.41) is 0. The van der Waals surface area contributed by atoms with Crippen molar-refractivity contribution in [3.63, 3.8) is 0 Å². The van der Waals surface area contributed by atoms with Crippen LogP contribution in [0, 0.1) is 16.7 Å². The molecule has 0 saturated heterocycles. The Balaban J connectivity index is 2.09. The van der Waals surface area contributed by atoms with Crippen molar-refractivity contribution in [1.82, 2.24) is 0 Å². The second-order valence-corrected chi connectivity index (χ2v) is 7.94. The largest absolute Gasteiger partial charge is 0.0625 e.